The van der Waals surface area contributed by atoms with Gasteiger partial charge in [-0.25, -0.2) is 4.98 Å². The Labute approximate surface area is 103 Å². The van der Waals surface area contributed by atoms with E-state index < -0.39 is 0 Å². The molecule has 2 aromatic rings. The minimum absolute atomic E-state index is 0.734. The quantitative estimate of drug-likeness (QED) is 0.904. The van der Waals surface area contributed by atoms with Gasteiger partial charge in [0.25, 0.3) is 0 Å². The third-order valence-electron chi connectivity index (χ3n) is 2.57. The van der Waals surface area contributed by atoms with Crippen LogP contribution in [0.15, 0.2) is 29.0 Å². The largest absolute Gasteiger partial charge is 0.378 e. The lowest BCUT2D eigenvalue weighted by molar-refractivity contribution is 1.05. The molecule has 0 atom stereocenters. The van der Waals surface area contributed by atoms with Crippen molar-refractivity contribution in [2.75, 3.05) is 5.32 Å². The number of H-pyrrole nitrogens is 1. The van der Waals surface area contributed by atoms with Crippen molar-refractivity contribution in [2.45, 2.75) is 20.4 Å². The molecule has 2 N–H and O–H groups in total. The van der Waals surface area contributed by atoms with Gasteiger partial charge in [0.15, 0.2) is 0 Å². The molecule has 0 saturated carbocycles. The zero-order chi connectivity index (χ0) is 11.5. The number of benzene rings is 1. The van der Waals surface area contributed by atoms with Gasteiger partial charge in [-0.15, -0.1) is 0 Å². The van der Waals surface area contributed by atoms with E-state index in [9.17, 15) is 0 Å². The molecule has 0 aliphatic heterocycles. The van der Waals surface area contributed by atoms with E-state index in [-0.39, 0.29) is 0 Å². The minimum Gasteiger partial charge on any atom is -0.378 e. The zero-order valence-corrected chi connectivity index (χ0v) is 10.9. The molecule has 3 nitrogen and oxygen atoms in total. The van der Waals surface area contributed by atoms with Gasteiger partial charge in [-0.2, -0.15) is 0 Å². The third kappa shape index (κ3) is 2.27. The molecular weight excluding hydrogens is 266 g/mol. The van der Waals surface area contributed by atoms with E-state index in [1.165, 1.54) is 5.56 Å². The van der Waals surface area contributed by atoms with E-state index in [4.69, 9.17) is 0 Å². The summed E-state index contributed by atoms with van der Waals surface area (Å²) >= 11 is 3.57. The summed E-state index contributed by atoms with van der Waals surface area (Å²) in [5.74, 6) is 0. The van der Waals surface area contributed by atoms with Crippen LogP contribution >= 0.6 is 15.9 Å². The highest BCUT2D eigenvalue weighted by atomic mass is 79.9. The van der Waals surface area contributed by atoms with Gasteiger partial charge in [-0.1, -0.05) is 12.1 Å². The molecule has 84 valence electrons. The van der Waals surface area contributed by atoms with E-state index in [2.05, 4.69) is 50.3 Å². The number of hydrogen-bond donors (Lipinski definition) is 2. The minimum atomic E-state index is 0.734. The van der Waals surface area contributed by atoms with Crippen molar-refractivity contribution in [3.8, 4) is 0 Å². The predicted octanol–water partition coefficient (Wildman–Crippen LogP) is 3.40. The predicted molar refractivity (Wildman–Crippen MR) is 69.5 cm³/mol. The second-order valence-electron chi connectivity index (χ2n) is 3.76. The SMILES string of the molecule is Cc1cccc(NCc2nc[nH]c2C)c1Br. The summed E-state index contributed by atoms with van der Waals surface area (Å²) < 4.78 is 1.11. The molecule has 0 radical (unpaired) electrons. The van der Waals surface area contributed by atoms with Gasteiger partial charge in [0, 0.05) is 15.9 Å². The Bertz CT molecular complexity index is 491. The lowest BCUT2D eigenvalue weighted by atomic mass is 10.2. The number of halogens is 1. The Morgan fingerprint density at radius 2 is 2.19 bits per heavy atom. The molecular formula is C12H14BrN3. The van der Waals surface area contributed by atoms with E-state index in [1.807, 2.05) is 13.0 Å². The Hall–Kier alpha value is -1.29. The first-order valence-corrected chi connectivity index (χ1v) is 5.95. The standard InChI is InChI=1S/C12H14BrN3/c1-8-4-3-5-10(12(8)13)14-6-11-9(2)15-7-16-11/h3-5,7,14H,6H2,1-2H3,(H,15,16). The maximum atomic E-state index is 4.25. The molecule has 16 heavy (non-hydrogen) atoms. The number of aryl methyl sites for hydroxylation is 2. The van der Waals surface area contributed by atoms with Crippen molar-refractivity contribution in [1.82, 2.24) is 9.97 Å². The van der Waals surface area contributed by atoms with E-state index in [0.717, 1.165) is 28.1 Å². The highest BCUT2D eigenvalue weighted by molar-refractivity contribution is 9.10. The molecule has 0 fully saturated rings. The summed E-state index contributed by atoms with van der Waals surface area (Å²) in [6.45, 7) is 4.84. The maximum absolute atomic E-state index is 4.25. The van der Waals surface area contributed by atoms with Crippen molar-refractivity contribution in [3.63, 3.8) is 0 Å². The van der Waals surface area contributed by atoms with Crippen molar-refractivity contribution >= 4 is 21.6 Å². The molecule has 0 unspecified atom stereocenters. The van der Waals surface area contributed by atoms with Gasteiger partial charge in [0.1, 0.15) is 0 Å². The zero-order valence-electron chi connectivity index (χ0n) is 9.34. The van der Waals surface area contributed by atoms with Gasteiger partial charge in [-0.3, -0.25) is 0 Å². The van der Waals surface area contributed by atoms with E-state index in [0.29, 0.717) is 0 Å². The first kappa shape index (κ1) is 11.2. The Kier molecular flexibility index (Phi) is 3.29. The fourth-order valence-electron chi connectivity index (χ4n) is 1.53. The van der Waals surface area contributed by atoms with Gasteiger partial charge < -0.3 is 10.3 Å². The number of nitrogens with zero attached hydrogens (tertiary/aromatic N) is 1. The van der Waals surface area contributed by atoms with Crippen LogP contribution in [0.25, 0.3) is 0 Å². The molecule has 1 heterocycles. The molecule has 0 bridgehead atoms. The number of hydrogen-bond acceptors (Lipinski definition) is 2. The molecule has 0 aliphatic carbocycles. The van der Waals surface area contributed by atoms with Crippen molar-refractivity contribution in [1.29, 1.82) is 0 Å². The molecule has 0 saturated heterocycles. The second kappa shape index (κ2) is 4.70. The lowest BCUT2D eigenvalue weighted by Gasteiger charge is -2.09. The molecule has 0 amide bonds. The van der Waals surface area contributed by atoms with Gasteiger partial charge in [0.2, 0.25) is 0 Å². The number of aromatic nitrogens is 2. The van der Waals surface area contributed by atoms with Crippen LogP contribution in [0.3, 0.4) is 0 Å². The van der Waals surface area contributed by atoms with Crippen LogP contribution in [0, 0.1) is 13.8 Å². The highest BCUT2D eigenvalue weighted by Gasteiger charge is 2.04. The number of nitrogens with one attached hydrogen (secondary N) is 2. The monoisotopic (exact) mass is 279 g/mol. The number of aromatic amines is 1. The Balaban J connectivity index is 2.11. The summed E-state index contributed by atoms with van der Waals surface area (Å²) in [6.07, 6.45) is 1.72. The average Bonchev–Trinajstić information content (AvgIpc) is 2.67. The second-order valence-corrected chi connectivity index (χ2v) is 4.56. The summed E-state index contributed by atoms with van der Waals surface area (Å²) in [5.41, 5.74) is 4.48. The fourth-order valence-corrected chi connectivity index (χ4v) is 1.93. The maximum Gasteiger partial charge on any atom is 0.0925 e. The third-order valence-corrected chi connectivity index (χ3v) is 3.62. The molecule has 0 spiro atoms. The first-order chi connectivity index (χ1) is 7.68. The van der Waals surface area contributed by atoms with E-state index >= 15 is 0 Å². The smallest absolute Gasteiger partial charge is 0.0925 e. The molecule has 1 aromatic heterocycles. The molecule has 0 aliphatic rings. The van der Waals surface area contributed by atoms with Crippen LogP contribution in [0.1, 0.15) is 17.0 Å². The van der Waals surface area contributed by atoms with Crippen LogP contribution in [-0.4, -0.2) is 9.97 Å². The van der Waals surface area contributed by atoms with Crippen LogP contribution in [0.4, 0.5) is 5.69 Å². The number of imidazole rings is 1. The highest BCUT2D eigenvalue weighted by Crippen LogP contribution is 2.26. The molecule has 1 aromatic carbocycles. The fraction of sp³-hybridized carbons (Fsp3) is 0.250. The summed E-state index contributed by atoms with van der Waals surface area (Å²) in [6, 6.07) is 6.17. The van der Waals surface area contributed by atoms with Crippen molar-refractivity contribution in [2.24, 2.45) is 0 Å². The number of rotatable bonds is 3. The summed E-state index contributed by atoms with van der Waals surface area (Å²) in [4.78, 5) is 7.32. The van der Waals surface area contributed by atoms with E-state index in [1.54, 1.807) is 6.33 Å². The van der Waals surface area contributed by atoms with Crippen molar-refractivity contribution in [3.05, 3.63) is 46.0 Å². The van der Waals surface area contributed by atoms with Crippen molar-refractivity contribution < 1.29 is 0 Å². The van der Waals surface area contributed by atoms with Crippen LogP contribution < -0.4 is 5.32 Å². The average molecular weight is 280 g/mol. The topological polar surface area (TPSA) is 40.7 Å². The Morgan fingerprint density at radius 1 is 1.38 bits per heavy atom. The molecule has 2 rings (SSSR count). The lowest BCUT2D eigenvalue weighted by Crippen LogP contribution is -2.02. The normalized spacial score (nSPS) is 10.4. The molecule has 4 heteroatoms. The summed E-state index contributed by atoms with van der Waals surface area (Å²) in [5, 5.41) is 3.37. The van der Waals surface area contributed by atoms with Crippen LogP contribution in [0.5, 0.6) is 0 Å². The summed E-state index contributed by atoms with van der Waals surface area (Å²) in [7, 11) is 0. The Morgan fingerprint density at radius 3 is 2.88 bits per heavy atom. The van der Waals surface area contributed by atoms with Crippen LogP contribution in [-0.2, 0) is 6.54 Å². The van der Waals surface area contributed by atoms with Gasteiger partial charge in [0.05, 0.1) is 18.6 Å². The van der Waals surface area contributed by atoms with Gasteiger partial charge in [-0.05, 0) is 41.4 Å². The van der Waals surface area contributed by atoms with Crippen LogP contribution in [0.2, 0.25) is 0 Å². The first-order valence-electron chi connectivity index (χ1n) is 5.16. The van der Waals surface area contributed by atoms with Gasteiger partial charge >= 0.3 is 0 Å². The number of anilines is 1.